The zero-order chi connectivity index (χ0) is 13.0. The molecule has 1 unspecified atom stereocenters. The van der Waals surface area contributed by atoms with Crippen molar-refractivity contribution in [1.29, 1.82) is 0 Å². The molecule has 1 N–H and O–H groups in total. The Balaban J connectivity index is 1.89. The molecule has 1 atom stereocenters. The van der Waals surface area contributed by atoms with E-state index in [0.29, 0.717) is 11.5 Å². The predicted molar refractivity (Wildman–Crippen MR) is 75.4 cm³/mol. The molecule has 0 radical (unpaired) electrons. The van der Waals surface area contributed by atoms with E-state index in [1.54, 1.807) is 0 Å². The second-order valence-electron chi connectivity index (χ2n) is 6.15. The summed E-state index contributed by atoms with van der Waals surface area (Å²) >= 11 is 0. The molecule has 1 saturated heterocycles. The Morgan fingerprint density at radius 1 is 1.39 bits per heavy atom. The van der Waals surface area contributed by atoms with E-state index in [1.165, 1.54) is 18.4 Å². The summed E-state index contributed by atoms with van der Waals surface area (Å²) < 4.78 is 0. The van der Waals surface area contributed by atoms with Crippen molar-refractivity contribution in [3.63, 3.8) is 0 Å². The first kappa shape index (κ1) is 13.5. The van der Waals surface area contributed by atoms with Crippen LogP contribution in [0.3, 0.4) is 0 Å². The van der Waals surface area contributed by atoms with Gasteiger partial charge in [0.1, 0.15) is 0 Å². The molecule has 0 saturated carbocycles. The Morgan fingerprint density at radius 3 is 2.78 bits per heavy atom. The summed E-state index contributed by atoms with van der Waals surface area (Å²) in [6, 6.07) is 4.78. The van der Waals surface area contributed by atoms with Gasteiger partial charge in [0.05, 0.1) is 0 Å². The standard InChI is InChI=1S/C15H25N3/c1-15(2)7-4-8-17-14(15)12-18(3)11-13-5-9-16-10-6-13/h5-6,9-10,14,17H,4,7-8,11-12H2,1-3H3. The highest BCUT2D eigenvalue weighted by atomic mass is 15.1. The lowest BCUT2D eigenvalue weighted by Gasteiger charge is -2.41. The third-order valence-corrected chi connectivity index (χ3v) is 4.03. The lowest BCUT2D eigenvalue weighted by molar-refractivity contribution is 0.136. The molecule has 1 aliphatic heterocycles. The van der Waals surface area contributed by atoms with Gasteiger partial charge in [-0.3, -0.25) is 4.98 Å². The molecule has 18 heavy (non-hydrogen) atoms. The fourth-order valence-corrected chi connectivity index (χ4v) is 2.76. The Bertz CT molecular complexity index is 361. The molecule has 100 valence electrons. The van der Waals surface area contributed by atoms with E-state index in [-0.39, 0.29) is 0 Å². The second-order valence-corrected chi connectivity index (χ2v) is 6.15. The first-order chi connectivity index (χ1) is 8.58. The van der Waals surface area contributed by atoms with Crippen molar-refractivity contribution < 1.29 is 0 Å². The van der Waals surface area contributed by atoms with E-state index in [4.69, 9.17) is 0 Å². The monoisotopic (exact) mass is 247 g/mol. The Kier molecular flexibility index (Phi) is 4.36. The number of hydrogen-bond donors (Lipinski definition) is 1. The zero-order valence-electron chi connectivity index (χ0n) is 11.8. The quantitative estimate of drug-likeness (QED) is 0.885. The molecule has 0 amide bonds. The SMILES string of the molecule is CN(Cc1ccncc1)CC1NCCCC1(C)C. The number of nitrogens with zero attached hydrogens (tertiary/aromatic N) is 2. The van der Waals surface area contributed by atoms with Crippen LogP contribution in [-0.4, -0.2) is 36.1 Å². The highest BCUT2D eigenvalue weighted by Crippen LogP contribution is 2.30. The molecule has 0 aliphatic carbocycles. The van der Waals surface area contributed by atoms with Crippen LogP contribution in [0, 0.1) is 5.41 Å². The summed E-state index contributed by atoms with van der Waals surface area (Å²) in [7, 11) is 2.20. The minimum atomic E-state index is 0.407. The first-order valence-corrected chi connectivity index (χ1v) is 6.89. The van der Waals surface area contributed by atoms with E-state index in [2.05, 4.69) is 48.2 Å². The molecule has 1 aromatic rings. The summed E-state index contributed by atoms with van der Waals surface area (Å²) in [5.74, 6) is 0. The molecular weight excluding hydrogens is 222 g/mol. The van der Waals surface area contributed by atoms with Crippen molar-refractivity contribution in [2.24, 2.45) is 5.41 Å². The van der Waals surface area contributed by atoms with Gasteiger partial charge in [-0.05, 0) is 49.5 Å². The third-order valence-electron chi connectivity index (χ3n) is 4.03. The number of nitrogens with one attached hydrogen (secondary N) is 1. The van der Waals surface area contributed by atoms with Gasteiger partial charge in [-0.2, -0.15) is 0 Å². The lowest BCUT2D eigenvalue weighted by atomic mass is 9.77. The fraction of sp³-hybridized carbons (Fsp3) is 0.667. The normalized spacial score (nSPS) is 23.2. The topological polar surface area (TPSA) is 28.2 Å². The van der Waals surface area contributed by atoms with Crippen LogP contribution in [0.25, 0.3) is 0 Å². The third kappa shape index (κ3) is 3.53. The Hall–Kier alpha value is -0.930. The average molecular weight is 247 g/mol. The summed E-state index contributed by atoms with van der Waals surface area (Å²) in [4.78, 5) is 6.46. The van der Waals surface area contributed by atoms with Crippen LogP contribution >= 0.6 is 0 Å². The maximum absolute atomic E-state index is 4.06. The van der Waals surface area contributed by atoms with Gasteiger partial charge in [0.25, 0.3) is 0 Å². The van der Waals surface area contributed by atoms with Gasteiger partial charge in [0, 0.05) is 31.5 Å². The summed E-state index contributed by atoms with van der Waals surface area (Å²) in [6.45, 7) is 8.03. The molecule has 1 aliphatic rings. The van der Waals surface area contributed by atoms with Crippen LogP contribution in [0.4, 0.5) is 0 Å². The molecule has 3 nitrogen and oxygen atoms in total. The molecule has 3 heteroatoms. The molecule has 2 heterocycles. The summed E-state index contributed by atoms with van der Waals surface area (Å²) in [6.07, 6.45) is 6.36. The summed E-state index contributed by atoms with van der Waals surface area (Å²) in [5, 5.41) is 3.67. The zero-order valence-corrected chi connectivity index (χ0v) is 11.8. The second kappa shape index (κ2) is 5.81. The van der Waals surface area contributed by atoms with Gasteiger partial charge >= 0.3 is 0 Å². The number of aromatic nitrogens is 1. The van der Waals surface area contributed by atoms with Gasteiger partial charge in [0.15, 0.2) is 0 Å². The van der Waals surface area contributed by atoms with Crippen LogP contribution < -0.4 is 5.32 Å². The lowest BCUT2D eigenvalue weighted by Crippen LogP contribution is -2.52. The smallest absolute Gasteiger partial charge is 0.0271 e. The van der Waals surface area contributed by atoms with Gasteiger partial charge in [0.2, 0.25) is 0 Å². The van der Waals surface area contributed by atoms with Crippen molar-refractivity contribution >= 4 is 0 Å². The molecule has 1 aromatic heterocycles. The van der Waals surface area contributed by atoms with E-state index in [9.17, 15) is 0 Å². The van der Waals surface area contributed by atoms with E-state index >= 15 is 0 Å². The van der Waals surface area contributed by atoms with Crippen LogP contribution in [-0.2, 0) is 6.54 Å². The number of rotatable bonds is 4. The van der Waals surface area contributed by atoms with Crippen molar-refractivity contribution in [3.8, 4) is 0 Å². The number of pyridine rings is 1. The van der Waals surface area contributed by atoms with Crippen molar-refractivity contribution in [2.45, 2.75) is 39.3 Å². The van der Waals surface area contributed by atoms with Crippen molar-refractivity contribution in [2.75, 3.05) is 20.1 Å². The fourth-order valence-electron chi connectivity index (χ4n) is 2.76. The minimum absolute atomic E-state index is 0.407. The van der Waals surface area contributed by atoms with E-state index in [0.717, 1.165) is 19.6 Å². The number of hydrogen-bond acceptors (Lipinski definition) is 3. The first-order valence-electron chi connectivity index (χ1n) is 6.89. The predicted octanol–water partition coefficient (Wildman–Crippen LogP) is 2.29. The molecule has 0 aromatic carbocycles. The summed E-state index contributed by atoms with van der Waals surface area (Å²) in [5.41, 5.74) is 1.74. The molecule has 1 fully saturated rings. The molecule has 0 bridgehead atoms. The van der Waals surface area contributed by atoms with Crippen LogP contribution in [0.5, 0.6) is 0 Å². The Labute approximate surface area is 111 Å². The van der Waals surface area contributed by atoms with Gasteiger partial charge in [-0.25, -0.2) is 0 Å². The van der Waals surface area contributed by atoms with Gasteiger partial charge in [-0.1, -0.05) is 13.8 Å². The molecular formula is C15H25N3. The maximum Gasteiger partial charge on any atom is 0.0271 e. The van der Waals surface area contributed by atoms with E-state index in [1.807, 2.05) is 12.4 Å². The highest BCUT2D eigenvalue weighted by molar-refractivity contribution is 5.09. The maximum atomic E-state index is 4.06. The van der Waals surface area contributed by atoms with Crippen LogP contribution in [0.1, 0.15) is 32.3 Å². The van der Waals surface area contributed by atoms with Crippen molar-refractivity contribution in [3.05, 3.63) is 30.1 Å². The largest absolute Gasteiger partial charge is 0.312 e. The Morgan fingerprint density at radius 2 is 2.11 bits per heavy atom. The molecule has 0 spiro atoms. The van der Waals surface area contributed by atoms with Crippen LogP contribution in [0.15, 0.2) is 24.5 Å². The molecule has 2 rings (SSSR count). The average Bonchev–Trinajstić information content (AvgIpc) is 2.33. The number of piperidine rings is 1. The van der Waals surface area contributed by atoms with Gasteiger partial charge < -0.3 is 10.2 Å². The van der Waals surface area contributed by atoms with Gasteiger partial charge in [-0.15, -0.1) is 0 Å². The van der Waals surface area contributed by atoms with Crippen molar-refractivity contribution in [1.82, 2.24) is 15.2 Å². The van der Waals surface area contributed by atoms with E-state index < -0.39 is 0 Å². The highest BCUT2D eigenvalue weighted by Gasteiger charge is 2.32. The number of likely N-dealkylation sites (N-methyl/N-ethyl adjacent to an activating group) is 1. The van der Waals surface area contributed by atoms with Crippen LogP contribution in [0.2, 0.25) is 0 Å². The minimum Gasteiger partial charge on any atom is -0.312 e.